The molecule has 0 atom stereocenters. The van der Waals surface area contributed by atoms with Gasteiger partial charge < -0.3 is 9.67 Å². The minimum absolute atomic E-state index is 0.00910. The highest BCUT2D eigenvalue weighted by molar-refractivity contribution is 5.01. The summed E-state index contributed by atoms with van der Waals surface area (Å²) in [5.41, 5.74) is -1.37. The van der Waals surface area contributed by atoms with Crippen LogP contribution in [0, 0.1) is 0 Å². The van der Waals surface area contributed by atoms with Crippen molar-refractivity contribution in [3.63, 3.8) is 0 Å². The van der Waals surface area contributed by atoms with Crippen LogP contribution in [0.2, 0.25) is 0 Å². The van der Waals surface area contributed by atoms with Crippen LogP contribution in [0.5, 0.6) is 0 Å². The van der Waals surface area contributed by atoms with Gasteiger partial charge in [0.15, 0.2) is 0 Å². The predicted molar refractivity (Wildman–Crippen MR) is 43.5 cm³/mol. The van der Waals surface area contributed by atoms with E-state index in [4.69, 9.17) is 0 Å². The third-order valence-corrected chi connectivity index (χ3v) is 1.61. The summed E-state index contributed by atoms with van der Waals surface area (Å²) in [6, 6.07) is 0. The topological polar surface area (TPSA) is 38.1 Å². The van der Waals surface area contributed by atoms with Crippen molar-refractivity contribution in [1.82, 2.24) is 9.55 Å². The molecule has 0 bridgehead atoms. The summed E-state index contributed by atoms with van der Waals surface area (Å²) in [7, 11) is 0. The molecule has 0 radical (unpaired) electrons. The number of hydrogen-bond donors (Lipinski definition) is 1. The van der Waals surface area contributed by atoms with E-state index in [-0.39, 0.29) is 5.82 Å². The second-order valence-corrected chi connectivity index (χ2v) is 3.55. The highest BCUT2D eigenvalue weighted by Crippen LogP contribution is 2.22. The van der Waals surface area contributed by atoms with E-state index in [2.05, 4.69) is 4.98 Å². The van der Waals surface area contributed by atoms with Crippen LogP contribution in [0.4, 0.5) is 13.2 Å². The number of alkyl halides is 3. The Kier molecular flexibility index (Phi) is 2.58. The molecule has 1 aromatic heterocycles. The molecule has 0 saturated carbocycles. The zero-order valence-electron chi connectivity index (χ0n) is 7.84. The van der Waals surface area contributed by atoms with Gasteiger partial charge >= 0.3 is 6.18 Å². The number of halogens is 3. The molecule has 14 heavy (non-hydrogen) atoms. The van der Waals surface area contributed by atoms with Crippen molar-refractivity contribution >= 4 is 0 Å². The lowest BCUT2D eigenvalue weighted by atomic mass is 10.1. The fraction of sp³-hybridized carbons (Fsp3) is 0.625. The van der Waals surface area contributed by atoms with Crippen molar-refractivity contribution in [2.24, 2.45) is 0 Å². The molecule has 3 nitrogen and oxygen atoms in total. The van der Waals surface area contributed by atoms with Crippen molar-refractivity contribution in [1.29, 1.82) is 0 Å². The maximum Gasteiger partial charge on any atom is 0.406 e. The summed E-state index contributed by atoms with van der Waals surface area (Å²) >= 11 is 0. The summed E-state index contributed by atoms with van der Waals surface area (Å²) in [5.74, 6) is 0.00910. The number of rotatable bonds is 2. The van der Waals surface area contributed by atoms with Crippen LogP contribution >= 0.6 is 0 Å². The Hall–Kier alpha value is -1.04. The standard InChI is InChI=1S/C8H11F3N2O/c1-7(2,14)6-12-3-4-13(6)5-8(9,10)11/h3-4,14H,5H2,1-2H3. The third kappa shape index (κ3) is 2.73. The van der Waals surface area contributed by atoms with Gasteiger partial charge in [-0.25, -0.2) is 4.98 Å². The zero-order chi connectivity index (χ0) is 11.0. The third-order valence-electron chi connectivity index (χ3n) is 1.61. The highest BCUT2D eigenvalue weighted by atomic mass is 19.4. The number of aliphatic hydroxyl groups is 1. The van der Waals surface area contributed by atoms with Gasteiger partial charge in [-0.2, -0.15) is 13.2 Å². The van der Waals surface area contributed by atoms with Crippen molar-refractivity contribution in [2.45, 2.75) is 32.2 Å². The quantitative estimate of drug-likeness (QED) is 0.802. The molecular weight excluding hydrogens is 197 g/mol. The summed E-state index contributed by atoms with van der Waals surface area (Å²) in [6.45, 7) is 1.65. The number of hydrogen-bond acceptors (Lipinski definition) is 2. The van der Waals surface area contributed by atoms with Gasteiger partial charge in [-0.05, 0) is 13.8 Å². The van der Waals surface area contributed by atoms with Crippen molar-refractivity contribution in [3.05, 3.63) is 18.2 Å². The Morgan fingerprint density at radius 2 is 2.00 bits per heavy atom. The van der Waals surface area contributed by atoms with E-state index in [1.165, 1.54) is 26.2 Å². The largest absolute Gasteiger partial charge is 0.406 e. The van der Waals surface area contributed by atoms with Crippen LogP contribution in [0.3, 0.4) is 0 Å². The molecule has 0 spiro atoms. The van der Waals surface area contributed by atoms with E-state index in [0.717, 1.165) is 4.57 Å². The SMILES string of the molecule is CC(C)(O)c1nccn1CC(F)(F)F. The van der Waals surface area contributed by atoms with Crippen LogP contribution in [-0.2, 0) is 12.1 Å². The Bertz CT molecular complexity index is 311. The molecule has 80 valence electrons. The normalized spacial score (nSPS) is 13.3. The van der Waals surface area contributed by atoms with E-state index in [1.54, 1.807) is 0 Å². The Morgan fingerprint density at radius 3 is 2.43 bits per heavy atom. The van der Waals surface area contributed by atoms with E-state index >= 15 is 0 Å². The maximum atomic E-state index is 12.1. The Labute approximate surface area is 79.2 Å². The average Bonchev–Trinajstić information content (AvgIpc) is 2.29. The summed E-state index contributed by atoms with van der Waals surface area (Å²) < 4.78 is 37.1. The lowest BCUT2D eigenvalue weighted by Gasteiger charge is -2.19. The fourth-order valence-corrected chi connectivity index (χ4v) is 1.16. The van der Waals surface area contributed by atoms with E-state index in [1.807, 2.05) is 0 Å². The molecule has 1 N–H and O–H groups in total. The first kappa shape index (κ1) is 11.0. The van der Waals surface area contributed by atoms with Crippen LogP contribution in [0.1, 0.15) is 19.7 Å². The molecule has 0 fully saturated rings. The predicted octanol–water partition coefficient (Wildman–Crippen LogP) is 1.67. The Morgan fingerprint density at radius 1 is 1.43 bits per heavy atom. The van der Waals surface area contributed by atoms with Crippen LogP contribution in [0.25, 0.3) is 0 Å². The minimum atomic E-state index is -4.30. The zero-order valence-corrected chi connectivity index (χ0v) is 7.84. The second-order valence-electron chi connectivity index (χ2n) is 3.55. The molecule has 0 unspecified atom stereocenters. The summed E-state index contributed by atoms with van der Waals surface area (Å²) in [4.78, 5) is 3.68. The molecule has 0 aliphatic rings. The lowest BCUT2D eigenvalue weighted by Crippen LogP contribution is -2.26. The maximum absolute atomic E-state index is 12.1. The number of nitrogens with zero attached hydrogens (tertiary/aromatic N) is 2. The molecule has 0 saturated heterocycles. The molecule has 1 aromatic rings. The van der Waals surface area contributed by atoms with Gasteiger partial charge in [0.05, 0.1) is 0 Å². The van der Waals surface area contributed by atoms with Crippen LogP contribution in [0.15, 0.2) is 12.4 Å². The first-order valence-electron chi connectivity index (χ1n) is 4.01. The van der Waals surface area contributed by atoms with E-state index in [0.29, 0.717) is 0 Å². The van der Waals surface area contributed by atoms with Gasteiger partial charge in [0.2, 0.25) is 0 Å². The van der Waals surface area contributed by atoms with Crippen molar-refractivity contribution in [3.8, 4) is 0 Å². The summed E-state index contributed by atoms with van der Waals surface area (Å²) in [5, 5.41) is 9.50. The monoisotopic (exact) mass is 208 g/mol. The highest BCUT2D eigenvalue weighted by Gasteiger charge is 2.31. The number of imidazole rings is 1. The van der Waals surface area contributed by atoms with Gasteiger partial charge in [-0.3, -0.25) is 0 Å². The second kappa shape index (κ2) is 3.27. The molecule has 0 aromatic carbocycles. The van der Waals surface area contributed by atoms with Crippen molar-refractivity contribution < 1.29 is 18.3 Å². The molecule has 0 aliphatic heterocycles. The molecule has 0 amide bonds. The fourth-order valence-electron chi connectivity index (χ4n) is 1.16. The molecule has 6 heteroatoms. The van der Waals surface area contributed by atoms with Crippen LogP contribution in [-0.4, -0.2) is 20.8 Å². The van der Waals surface area contributed by atoms with Gasteiger partial charge in [0, 0.05) is 12.4 Å². The van der Waals surface area contributed by atoms with E-state index < -0.39 is 18.3 Å². The summed E-state index contributed by atoms with van der Waals surface area (Å²) in [6.07, 6.45) is -1.87. The van der Waals surface area contributed by atoms with Gasteiger partial charge in [0.1, 0.15) is 18.0 Å². The molecule has 0 aliphatic carbocycles. The van der Waals surface area contributed by atoms with Gasteiger partial charge in [-0.1, -0.05) is 0 Å². The smallest absolute Gasteiger partial charge is 0.383 e. The Balaban J connectivity index is 2.95. The first-order valence-corrected chi connectivity index (χ1v) is 4.01. The average molecular weight is 208 g/mol. The van der Waals surface area contributed by atoms with Gasteiger partial charge in [0.25, 0.3) is 0 Å². The first-order chi connectivity index (χ1) is 6.20. The van der Waals surface area contributed by atoms with Crippen molar-refractivity contribution in [2.75, 3.05) is 0 Å². The minimum Gasteiger partial charge on any atom is -0.383 e. The molecule has 1 rings (SSSR count). The lowest BCUT2D eigenvalue weighted by molar-refractivity contribution is -0.142. The van der Waals surface area contributed by atoms with Gasteiger partial charge in [-0.15, -0.1) is 0 Å². The number of aromatic nitrogens is 2. The molecule has 1 heterocycles. The van der Waals surface area contributed by atoms with E-state index in [9.17, 15) is 18.3 Å². The molecular formula is C8H11F3N2O. The van der Waals surface area contributed by atoms with Crippen LogP contribution < -0.4 is 0 Å².